The van der Waals surface area contributed by atoms with Gasteiger partial charge in [-0.3, -0.25) is 4.79 Å². The summed E-state index contributed by atoms with van der Waals surface area (Å²) in [5.41, 5.74) is 1.82. The van der Waals surface area contributed by atoms with Crippen LogP contribution in [-0.4, -0.2) is 32.1 Å². The molecule has 0 amide bonds. The molecule has 3 rings (SSSR count). The summed E-state index contributed by atoms with van der Waals surface area (Å²) in [5, 5.41) is 0.982. The summed E-state index contributed by atoms with van der Waals surface area (Å²) in [7, 11) is 4.55. The largest absolute Gasteiger partial charge is 0.493 e. The van der Waals surface area contributed by atoms with Gasteiger partial charge in [0.15, 0.2) is 11.5 Å². The van der Waals surface area contributed by atoms with Crippen molar-refractivity contribution in [2.24, 2.45) is 0 Å². The normalized spacial score (nSPS) is 10.6. The molecule has 0 aliphatic rings. The fourth-order valence-corrected chi connectivity index (χ4v) is 2.62. The number of hydrogen-bond acceptors (Lipinski definition) is 4. The van der Waals surface area contributed by atoms with Crippen molar-refractivity contribution in [3.8, 4) is 17.2 Å². The number of ketones is 1. The number of ether oxygens (including phenoxy) is 3. The number of aromatic amines is 1. The van der Waals surface area contributed by atoms with E-state index in [4.69, 9.17) is 14.2 Å². The lowest BCUT2D eigenvalue weighted by molar-refractivity contribution is 0.103. The van der Waals surface area contributed by atoms with Gasteiger partial charge in [0.05, 0.1) is 32.6 Å². The molecule has 0 saturated heterocycles. The van der Waals surface area contributed by atoms with Crippen LogP contribution in [0.4, 0.5) is 0 Å². The molecule has 0 atom stereocenters. The van der Waals surface area contributed by atoms with Crippen molar-refractivity contribution < 1.29 is 19.0 Å². The van der Waals surface area contributed by atoms with Crippen molar-refractivity contribution in [2.45, 2.75) is 0 Å². The predicted molar refractivity (Wildman–Crippen MR) is 87.8 cm³/mol. The zero-order chi connectivity index (χ0) is 16.4. The van der Waals surface area contributed by atoms with Gasteiger partial charge >= 0.3 is 0 Å². The van der Waals surface area contributed by atoms with Gasteiger partial charge in [0.2, 0.25) is 11.5 Å². The van der Waals surface area contributed by atoms with Crippen LogP contribution in [-0.2, 0) is 0 Å². The number of carbonyl (C=O) groups excluding carboxylic acids is 1. The molecule has 0 aliphatic heterocycles. The van der Waals surface area contributed by atoms with E-state index >= 15 is 0 Å². The van der Waals surface area contributed by atoms with E-state index in [9.17, 15) is 4.79 Å². The Morgan fingerprint density at radius 2 is 1.65 bits per heavy atom. The fraction of sp³-hybridized carbons (Fsp3) is 0.167. The van der Waals surface area contributed by atoms with Gasteiger partial charge in [-0.25, -0.2) is 0 Å². The van der Waals surface area contributed by atoms with Crippen LogP contribution in [0.15, 0.2) is 42.5 Å². The first kappa shape index (κ1) is 15.0. The Bertz CT molecular complexity index is 834. The highest BCUT2D eigenvalue weighted by Crippen LogP contribution is 2.40. The molecule has 0 saturated carbocycles. The zero-order valence-corrected chi connectivity index (χ0v) is 13.2. The third-order valence-electron chi connectivity index (χ3n) is 3.72. The van der Waals surface area contributed by atoms with Gasteiger partial charge in [0.25, 0.3) is 0 Å². The summed E-state index contributed by atoms with van der Waals surface area (Å²) in [6.07, 6.45) is 0. The molecule has 3 aromatic rings. The number of nitrogens with one attached hydrogen (secondary N) is 1. The van der Waals surface area contributed by atoms with Crippen molar-refractivity contribution >= 4 is 16.7 Å². The van der Waals surface area contributed by atoms with E-state index in [1.807, 2.05) is 30.3 Å². The first-order valence-corrected chi connectivity index (χ1v) is 7.11. The second-order valence-electron chi connectivity index (χ2n) is 4.98. The van der Waals surface area contributed by atoms with Gasteiger partial charge in [-0.15, -0.1) is 0 Å². The highest BCUT2D eigenvalue weighted by molar-refractivity contribution is 6.12. The molecule has 2 aromatic carbocycles. The Kier molecular flexibility index (Phi) is 3.93. The van der Waals surface area contributed by atoms with Crippen LogP contribution in [0.1, 0.15) is 16.1 Å². The summed E-state index contributed by atoms with van der Waals surface area (Å²) in [4.78, 5) is 16.0. The van der Waals surface area contributed by atoms with Gasteiger partial charge in [-0.2, -0.15) is 0 Å². The van der Waals surface area contributed by atoms with Crippen molar-refractivity contribution in [1.29, 1.82) is 0 Å². The van der Waals surface area contributed by atoms with Gasteiger partial charge in [-0.1, -0.05) is 18.2 Å². The SMILES string of the molecule is COc1ccc(C(=O)c2cc3ccccc3[nH]2)c(OC)c1OC. The molecule has 5 nitrogen and oxygen atoms in total. The molecule has 0 radical (unpaired) electrons. The lowest BCUT2D eigenvalue weighted by atomic mass is 10.1. The van der Waals surface area contributed by atoms with Crippen LogP contribution in [0.5, 0.6) is 17.2 Å². The van der Waals surface area contributed by atoms with Gasteiger partial charge < -0.3 is 19.2 Å². The molecule has 0 spiro atoms. The lowest BCUT2D eigenvalue weighted by Crippen LogP contribution is -2.06. The summed E-state index contributed by atoms with van der Waals surface area (Å²) in [6, 6.07) is 12.9. The standard InChI is InChI=1S/C18H17NO4/c1-21-15-9-8-12(17(22-2)18(15)23-3)16(20)14-10-11-6-4-5-7-13(11)19-14/h4-10,19H,1-3H3. The minimum atomic E-state index is -0.168. The van der Waals surface area contributed by atoms with Crippen molar-refractivity contribution in [3.63, 3.8) is 0 Å². The second kappa shape index (κ2) is 6.04. The molecule has 23 heavy (non-hydrogen) atoms. The van der Waals surface area contributed by atoms with Crippen LogP contribution in [0, 0.1) is 0 Å². The summed E-state index contributed by atoms with van der Waals surface area (Å²) >= 11 is 0. The van der Waals surface area contributed by atoms with Crippen LogP contribution >= 0.6 is 0 Å². The molecule has 0 aliphatic carbocycles. The van der Waals surface area contributed by atoms with E-state index in [0.29, 0.717) is 28.5 Å². The zero-order valence-electron chi connectivity index (χ0n) is 13.2. The number of H-pyrrole nitrogens is 1. The van der Waals surface area contributed by atoms with Crippen LogP contribution in [0.3, 0.4) is 0 Å². The van der Waals surface area contributed by atoms with Crippen molar-refractivity contribution in [3.05, 3.63) is 53.7 Å². The van der Waals surface area contributed by atoms with E-state index in [-0.39, 0.29) is 5.78 Å². The number of carbonyl (C=O) groups is 1. The van der Waals surface area contributed by atoms with E-state index < -0.39 is 0 Å². The molecule has 1 N–H and O–H groups in total. The van der Waals surface area contributed by atoms with Gasteiger partial charge in [-0.05, 0) is 24.3 Å². The minimum absolute atomic E-state index is 0.168. The summed E-state index contributed by atoms with van der Waals surface area (Å²) in [6.45, 7) is 0. The van der Waals surface area contributed by atoms with Crippen molar-refractivity contribution in [2.75, 3.05) is 21.3 Å². The van der Waals surface area contributed by atoms with E-state index in [1.165, 1.54) is 21.3 Å². The molecule has 1 heterocycles. The molecular formula is C18H17NO4. The van der Waals surface area contributed by atoms with Crippen LogP contribution in [0.25, 0.3) is 10.9 Å². The summed E-state index contributed by atoms with van der Waals surface area (Å²) < 4.78 is 16.0. The molecular weight excluding hydrogens is 294 g/mol. The maximum absolute atomic E-state index is 12.9. The Morgan fingerprint density at radius 3 is 2.30 bits per heavy atom. The number of hydrogen-bond donors (Lipinski definition) is 1. The van der Waals surface area contributed by atoms with Crippen molar-refractivity contribution in [1.82, 2.24) is 4.98 Å². The molecule has 0 bridgehead atoms. The van der Waals surface area contributed by atoms with E-state index in [0.717, 1.165) is 10.9 Å². The smallest absolute Gasteiger partial charge is 0.213 e. The Labute approximate surface area is 133 Å². The van der Waals surface area contributed by atoms with Crippen LogP contribution in [0.2, 0.25) is 0 Å². The molecule has 5 heteroatoms. The first-order chi connectivity index (χ1) is 11.2. The molecule has 0 unspecified atom stereocenters. The Hall–Kier alpha value is -2.95. The first-order valence-electron chi connectivity index (χ1n) is 7.11. The Morgan fingerprint density at radius 1 is 0.913 bits per heavy atom. The van der Waals surface area contributed by atoms with E-state index in [1.54, 1.807) is 12.1 Å². The second-order valence-corrected chi connectivity index (χ2v) is 4.98. The predicted octanol–water partition coefficient (Wildman–Crippen LogP) is 3.42. The quantitative estimate of drug-likeness (QED) is 0.733. The molecule has 1 aromatic heterocycles. The van der Waals surface area contributed by atoms with Gasteiger partial charge in [0, 0.05) is 10.9 Å². The number of methoxy groups -OCH3 is 3. The van der Waals surface area contributed by atoms with Crippen LogP contribution < -0.4 is 14.2 Å². The van der Waals surface area contributed by atoms with E-state index in [2.05, 4.69) is 4.98 Å². The molecule has 118 valence electrons. The maximum atomic E-state index is 12.9. The third kappa shape index (κ3) is 2.50. The lowest BCUT2D eigenvalue weighted by Gasteiger charge is -2.14. The van der Waals surface area contributed by atoms with Gasteiger partial charge in [0.1, 0.15) is 0 Å². The third-order valence-corrected chi connectivity index (χ3v) is 3.72. The Balaban J connectivity index is 2.11. The number of para-hydroxylation sites is 1. The minimum Gasteiger partial charge on any atom is -0.493 e. The highest BCUT2D eigenvalue weighted by Gasteiger charge is 2.22. The number of rotatable bonds is 5. The average Bonchev–Trinajstić information content (AvgIpc) is 3.03. The number of fused-ring (bicyclic) bond motifs is 1. The summed E-state index contributed by atoms with van der Waals surface area (Å²) in [5.74, 6) is 1.10. The highest BCUT2D eigenvalue weighted by atomic mass is 16.5. The number of aromatic nitrogens is 1. The topological polar surface area (TPSA) is 60.6 Å². The molecule has 0 fully saturated rings. The average molecular weight is 311 g/mol. The number of benzene rings is 2. The monoisotopic (exact) mass is 311 g/mol. The maximum Gasteiger partial charge on any atom is 0.213 e. The fourth-order valence-electron chi connectivity index (χ4n) is 2.62.